The highest BCUT2D eigenvalue weighted by molar-refractivity contribution is 7.89. The Hall–Kier alpha value is -2.53. The van der Waals surface area contributed by atoms with Crippen LogP contribution in [0, 0.1) is 13.8 Å². The number of nitrogens with two attached hydrogens (primary N) is 1. The van der Waals surface area contributed by atoms with E-state index in [0.29, 0.717) is 28.4 Å². The van der Waals surface area contributed by atoms with Gasteiger partial charge >= 0.3 is 0 Å². The van der Waals surface area contributed by atoms with Crippen LogP contribution in [0.15, 0.2) is 41.3 Å². The average Bonchev–Trinajstić information content (AvgIpc) is 2.75. The lowest BCUT2D eigenvalue weighted by atomic mass is 10.1. The molecule has 0 saturated carbocycles. The van der Waals surface area contributed by atoms with E-state index in [-0.39, 0.29) is 30.6 Å². The summed E-state index contributed by atoms with van der Waals surface area (Å²) in [6.45, 7) is 3.94. The number of nitrogens with zero attached hydrogens (tertiary/aromatic N) is 2. The number of aryl methyl sites for hydroxylation is 2. The molecule has 180 valence electrons. The second-order valence-electron chi connectivity index (χ2n) is 7.78. The van der Waals surface area contributed by atoms with E-state index in [2.05, 4.69) is 0 Å². The number of likely N-dealkylation sites (N-methyl/N-ethyl adjacent to an activating group) is 2. The molecule has 2 aromatic carbocycles. The lowest BCUT2D eigenvalue weighted by Gasteiger charge is -2.21. The van der Waals surface area contributed by atoms with Crippen molar-refractivity contribution in [3.63, 3.8) is 0 Å². The van der Waals surface area contributed by atoms with Gasteiger partial charge in [-0.05, 0) is 42.7 Å². The second kappa shape index (κ2) is 11.6. The molecule has 0 spiro atoms. The molecule has 10 heteroatoms. The van der Waals surface area contributed by atoms with E-state index >= 15 is 0 Å². The van der Waals surface area contributed by atoms with Gasteiger partial charge in [0.25, 0.3) is 0 Å². The number of hydrogen-bond donors (Lipinski definition) is 1. The number of rotatable bonds is 11. The molecular weight excluding hydrogens is 462 g/mol. The number of amides is 1. The average molecular weight is 494 g/mol. The van der Waals surface area contributed by atoms with Crippen LogP contribution in [0.25, 0.3) is 0 Å². The summed E-state index contributed by atoms with van der Waals surface area (Å²) in [6.07, 6.45) is 0. The number of thiocarbonyl (C=S) groups is 1. The molecule has 0 atom stereocenters. The first-order valence-electron chi connectivity index (χ1n) is 10.3. The molecule has 2 aromatic rings. The van der Waals surface area contributed by atoms with Crippen LogP contribution < -0.4 is 10.5 Å². The van der Waals surface area contributed by atoms with E-state index in [1.807, 2.05) is 24.3 Å². The Morgan fingerprint density at radius 2 is 1.67 bits per heavy atom. The van der Waals surface area contributed by atoms with Crippen LogP contribution in [0.2, 0.25) is 0 Å². The van der Waals surface area contributed by atoms with Gasteiger partial charge in [-0.3, -0.25) is 4.79 Å². The fourth-order valence-corrected chi connectivity index (χ4v) is 5.00. The van der Waals surface area contributed by atoms with Crippen LogP contribution in [-0.2, 0) is 26.1 Å². The van der Waals surface area contributed by atoms with Crippen molar-refractivity contribution < 1.29 is 22.7 Å². The summed E-state index contributed by atoms with van der Waals surface area (Å²) in [4.78, 5) is 14.5. The molecule has 8 nitrogen and oxygen atoms in total. The van der Waals surface area contributed by atoms with Gasteiger partial charge in [0.1, 0.15) is 17.3 Å². The zero-order valence-electron chi connectivity index (χ0n) is 19.6. The van der Waals surface area contributed by atoms with Crippen molar-refractivity contribution in [1.82, 2.24) is 9.21 Å². The van der Waals surface area contributed by atoms with Crippen LogP contribution in [0.4, 0.5) is 0 Å². The van der Waals surface area contributed by atoms with E-state index in [9.17, 15) is 13.2 Å². The van der Waals surface area contributed by atoms with Crippen molar-refractivity contribution >= 4 is 33.1 Å². The van der Waals surface area contributed by atoms with Crippen LogP contribution in [0.5, 0.6) is 5.75 Å². The molecule has 0 saturated heterocycles. The van der Waals surface area contributed by atoms with Gasteiger partial charge in [-0.1, -0.05) is 36.5 Å². The van der Waals surface area contributed by atoms with Gasteiger partial charge in [-0.15, -0.1) is 0 Å². The Bertz CT molecular complexity index is 1080. The Balaban J connectivity index is 1.87. The van der Waals surface area contributed by atoms with Gasteiger partial charge < -0.3 is 20.1 Å². The first-order valence-corrected chi connectivity index (χ1v) is 12.1. The number of carbonyl (C=O) groups is 1. The second-order valence-corrected chi connectivity index (χ2v) is 10.2. The molecule has 1 amide bonds. The minimum absolute atomic E-state index is 0.0895. The van der Waals surface area contributed by atoms with Gasteiger partial charge in [0.2, 0.25) is 15.9 Å². The van der Waals surface area contributed by atoms with Gasteiger partial charge in [-0.2, -0.15) is 4.31 Å². The van der Waals surface area contributed by atoms with Crippen LogP contribution >= 0.6 is 12.2 Å². The van der Waals surface area contributed by atoms with Gasteiger partial charge in [0, 0.05) is 32.7 Å². The fourth-order valence-electron chi connectivity index (χ4n) is 3.31. The number of sulfonamides is 1. The van der Waals surface area contributed by atoms with E-state index in [1.54, 1.807) is 37.9 Å². The Labute approximate surface area is 201 Å². The smallest absolute Gasteiger partial charge is 0.248 e. The number of methoxy groups -OCH3 is 1. The summed E-state index contributed by atoms with van der Waals surface area (Å²) in [5, 5.41) is 0. The molecule has 0 fully saturated rings. The maximum atomic E-state index is 13.0. The summed E-state index contributed by atoms with van der Waals surface area (Å²) < 4.78 is 37.9. The molecule has 0 bridgehead atoms. The Kier molecular flexibility index (Phi) is 9.35. The molecule has 0 aliphatic carbocycles. The predicted molar refractivity (Wildman–Crippen MR) is 132 cm³/mol. The highest BCUT2D eigenvalue weighted by Gasteiger charge is 2.25. The van der Waals surface area contributed by atoms with E-state index < -0.39 is 10.0 Å². The maximum absolute atomic E-state index is 13.0. The summed E-state index contributed by atoms with van der Waals surface area (Å²) in [5.74, 6) is 0.400. The lowest BCUT2D eigenvalue weighted by Crippen LogP contribution is -2.33. The lowest BCUT2D eigenvalue weighted by molar-refractivity contribution is -0.135. The molecule has 2 rings (SSSR count). The molecule has 0 aliphatic rings. The zero-order chi connectivity index (χ0) is 24.8. The Morgan fingerprint density at radius 1 is 1.09 bits per heavy atom. The van der Waals surface area contributed by atoms with E-state index in [4.69, 9.17) is 27.4 Å². The first kappa shape index (κ1) is 26.7. The summed E-state index contributed by atoms with van der Waals surface area (Å²) in [6, 6.07) is 10.7. The molecule has 0 radical (unpaired) electrons. The van der Waals surface area contributed by atoms with Crippen molar-refractivity contribution in [2.75, 3.05) is 41.0 Å². The van der Waals surface area contributed by atoms with E-state index in [1.165, 1.54) is 18.5 Å². The Morgan fingerprint density at radius 3 is 2.18 bits per heavy atom. The first-order chi connectivity index (χ1) is 15.5. The minimum atomic E-state index is -3.71. The van der Waals surface area contributed by atoms with Crippen molar-refractivity contribution in [2.45, 2.75) is 25.3 Å². The van der Waals surface area contributed by atoms with Crippen molar-refractivity contribution in [1.29, 1.82) is 0 Å². The quantitative estimate of drug-likeness (QED) is 0.378. The normalized spacial score (nSPS) is 11.5. The summed E-state index contributed by atoms with van der Waals surface area (Å²) in [7, 11) is 1.00. The maximum Gasteiger partial charge on any atom is 0.248 e. The zero-order valence-corrected chi connectivity index (χ0v) is 21.3. The highest BCUT2D eigenvalue weighted by Crippen LogP contribution is 2.27. The van der Waals surface area contributed by atoms with Gasteiger partial charge in [0.05, 0.1) is 18.6 Å². The monoisotopic (exact) mass is 493 g/mol. The number of hydrogen-bond acceptors (Lipinski definition) is 6. The van der Waals surface area contributed by atoms with Crippen molar-refractivity contribution in [2.24, 2.45) is 5.73 Å². The third-order valence-corrected chi connectivity index (χ3v) is 7.60. The van der Waals surface area contributed by atoms with Gasteiger partial charge in [-0.25, -0.2) is 8.42 Å². The van der Waals surface area contributed by atoms with Crippen LogP contribution in [-0.4, -0.2) is 69.5 Å². The fraction of sp³-hybridized carbons (Fsp3) is 0.391. The summed E-state index contributed by atoms with van der Waals surface area (Å²) >= 11 is 4.94. The number of benzene rings is 2. The van der Waals surface area contributed by atoms with E-state index in [0.717, 1.165) is 11.1 Å². The molecule has 33 heavy (non-hydrogen) atoms. The van der Waals surface area contributed by atoms with Crippen LogP contribution in [0.3, 0.4) is 0 Å². The molecule has 0 heterocycles. The predicted octanol–water partition coefficient (Wildman–Crippen LogP) is 2.24. The standard InChI is InChI=1S/C23H31N3O5S2/c1-16-12-20(30-5)13-17(2)22(16)33(28,29)26(4)10-11-31-15-21(27)25(3)14-18-6-8-19(9-7-18)23(24)32/h6-9,12-13H,10-11,14-15H2,1-5H3,(H2,24,32). The minimum Gasteiger partial charge on any atom is -0.497 e. The largest absolute Gasteiger partial charge is 0.497 e. The van der Waals surface area contributed by atoms with Crippen LogP contribution in [0.1, 0.15) is 22.3 Å². The van der Waals surface area contributed by atoms with Gasteiger partial charge in [0.15, 0.2) is 0 Å². The summed E-state index contributed by atoms with van der Waals surface area (Å²) in [5.41, 5.74) is 8.51. The highest BCUT2D eigenvalue weighted by atomic mass is 32.2. The van der Waals surface area contributed by atoms with Crippen molar-refractivity contribution in [3.05, 3.63) is 58.7 Å². The molecular formula is C23H31N3O5S2. The molecule has 2 N–H and O–H groups in total. The number of ether oxygens (including phenoxy) is 2. The third kappa shape index (κ3) is 6.97. The molecule has 0 aromatic heterocycles. The number of carbonyl (C=O) groups excluding carboxylic acids is 1. The topological polar surface area (TPSA) is 102 Å². The molecule has 0 unspecified atom stereocenters. The third-order valence-electron chi connectivity index (χ3n) is 5.20. The van der Waals surface area contributed by atoms with Crippen molar-refractivity contribution in [3.8, 4) is 5.75 Å². The molecule has 0 aliphatic heterocycles. The SMILES string of the molecule is COc1cc(C)c(S(=O)(=O)N(C)CCOCC(=O)N(C)Cc2ccc(C(N)=S)cc2)c(C)c1.